The molecule has 0 aliphatic rings. The Kier molecular flexibility index (Phi) is 9.12. The van der Waals surface area contributed by atoms with E-state index >= 15 is 0 Å². The molecule has 1 radical (unpaired) electrons. The maximum Gasteiger partial charge on any atom is 0.131 e. The summed E-state index contributed by atoms with van der Waals surface area (Å²) < 4.78 is 11.2. The van der Waals surface area contributed by atoms with E-state index < -0.39 is 0 Å². The highest BCUT2D eigenvalue weighted by molar-refractivity contribution is 5.32. The fourth-order valence-corrected chi connectivity index (χ4v) is 1.59. The highest BCUT2D eigenvalue weighted by Gasteiger charge is 1.96. The monoisotopic (exact) mass is 273 g/mol. The molecule has 0 bridgehead atoms. The second kappa shape index (κ2) is 11.2. The third kappa shape index (κ3) is 7.67. The lowest BCUT2D eigenvalue weighted by Crippen LogP contribution is -1.96. The topological polar surface area (TPSA) is 18.5 Å². The van der Waals surface area contributed by atoms with Gasteiger partial charge in [0.2, 0.25) is 0 Å². The predicted octanol–water partition coefficient (Wildman–Crippen LogP) is 4.96. The molecule has 20 heavy (non-hydrogen) atoms. The van der Waals surface area contributed by atoms with Crippen LogP contribution in [0.1, 0.15) is 39.5 Å². The second-order valence-electron chi connectivity index (χ2n) is 4.53. The van der Waals surface area contributed by atoms with Crippen LogP contribution in [0.15, 0.2) is 42.5 Å². The van der Waals surface area contributed by atoms with Gasteiger partial charge in [-0.1, -0.05) is 51.0 Å². The normalized spacial score (nSPS) is 11.3. The average molecular weight is 273 g/mol. The molecule has 0 amide bonds. The molecule has 0 heterocycles. The van der Waals surface area contributed by atoms with Crippen molar-refractivity contribution in [2.75, 3.05) is 13.2 Å². The SMILES string of the molecule is CCC/C=C/COc1[c]ccc(OC/C=C/CCC)c1. The minimum Gasteiger partial charge on any atom is -0.489 e. The van der Waals surface area contributed by atoms with Gasteiger partial charge >= 0.3 is 0 Å². The van der Waals surface area contributed by atoms with Gasteiger partial charge in [-0.2, -0.15) is 0 Å². The number of hydrogen-bond donors (Lipinski definition) is 0. The molecule has 109 valence electrons. The van der Waals surface area contributed by atoms with Crippen LogP contribution in [0, 0.1) is 6.07 Å². The Morgan fingerprint density at radius 3 is 2.25 bits per heavy atom. The molecule has 0 aromatic heterocycles. The Morgan fingerprint density at radius 1 is 0.950 bits per heavy atom. The summed E-state index contributed by atoms with van der Waals surface area (Å²) in [4.78, 5) is 0. The van der Waals surface area contributed by atoms with Gasteiger partial charge in [0.05, 0.1) is 0 Å². The van der Waals surface area contributed by atoms with E-state index in [0.717, 1.165) is 30.8 Å². The second-order valence-corrected chi connectivity index (χ2v) is 4.53. The molecule has 2 heteroatoms. The van der Waals surface area contributed by atoms with Crippen molar-refractivity contribution in [2.24, 2.45) is 0 Å². The molecule has 0 fully saturated rings. The minimum atomic E-state index is 0.580. The molecule has 1 aromatic rings. The van der Waals surface area contributed by atoms with Crippen LogP contribution in [-0.4, -0.2) is 13.2 Å². The van der Waals surface area contributed by atoms with Crippen LogP contribution >= 0.6 is 0 Å². The summed E-state index contributed by atoms with van der Waals surface area (Å²) in [5.41, 5.74) is 0. The van der Waals surface area contributed by atoms with Crippen LogP contribution < -0.4 is 9.47 Å². The van der Waals surface area contributed by atoms with Gasteiger partial charge in [0, 0.05) is 12.1 Å². The molecule has 0 atom stereocenters. The third-order valence-electron chi connectivity index (χ3n) is 2.67. The third-order valence-corrected chi connectivity index (χ3v) is 2.67. The first kappa shape index (κ1) is 16.4. The Labute approximate surface area is 123 Å². The van der Waals surface area contributed by atoms with Gasteiger partial charge in [0.15, 0.2) is 0 Å². The Morgan fingerprint density at radius 2 is 1.60 bits per heavy atom. The number of ether oxygens (including phenoxy) is 2. The smallest absolute Gasteiger partial charge is 0.131 e. The maximum atomic E-state index is 5.63. The highest BCUT2D eigenvalue weighted by Crippen LogP contribution is 2.18. The van der Waals surface area contributed by atoms with Crippen molar-refractivity contribution in [3.63, 3.8) is 0 Å². The molecule has 0 aliphatic carbocycles. The maximum absolute atomic E-state index is 5.63. The van der Waals surface area contributed by atoms with E-state index in [1.54, 1.807) is 0 Å². The van der Waals surface area contributed by atoms with E-state index in [9.17, 15) is 0 Å². The molecule has 0 unspecified atom stereocenters. The Balaban J connectivity index is 2.33. The van der Waals surface area contributed by atoms with E-state index in [2.05, 4.69) is 32.1 Å². The zero-order valence-corrected chi connectivity index (χ0v) is 12.6. The van der Waals surface area contributed by atoms with Crippen molar-refractivity contribution >= 4 is 0 Å². The van der Waals surface area contributed by atoms with Gasteiger partial charge in [-0.15, -0.1) is 0 Å². The number of allylic oxidation sites excluding steroid dienone is 2. The molecule has 0 spiro atoms. The minimum absolute atomic E-state index is 0.580. The van der Waals surface area contributed by atoms with Gasteiger partial charge in [0.1, 0.15) is 24.7 Å². The number of benzene rings is 1. The lowest BCUT2D eigenvalue weighted by molar-refractivity contribution is 0.344. The first-order valence-electron chi connectivity index (χ1n) is 7.44. The lowest BCUT2D eigenvalue weighted by Gasteiger charge is -2.06. The van der Waals surface area contributed by atoms with Crippen molar-refractivity contribution in [3.05, 3.63) is 48.6 Å². The Bertz CT molecular complexity index is 372. The van der Waals surface area contributed by atoms with E-state index in [1.165, 1.54) is 6.42 Å². The number of hydrogen-bond acceptors (Lipinski definition) is 2. The zero-order valence-electron chi connectivity index (χ0n) is 12.6. The van der Waals surface area contributed by atoms with Crippen molar-refractivity contribution in [1.82, 2.24) is 0 Å². The van der Waals surface area contributed by atoms with Crippen LogP contribution in [0.25, 0.3) is 0 Å². The standard InChI is InChI=1S/C18H25O2/c1-3-5-7-9-14-19-17-12-11-13-18(16-17)20-15-10-8-6-4-2/h7-12,16H,3-6,14-15H2,1-2H3/b9-7+,10-8+. The highest BCUT2D eigenvalue weighted by atomic mass is 16.5. The molecule has 0 N–H and O–H groups in total. The molecule has 2 nitrogen and oxygen atoms in total. The van der Waals surface area contributed by atoms with Gasteiger partial charge in [-0.25, -0.2) is 0 Å². The van der Waals surface area contributed by atoms with Crippen molar-refractivity contribution < 1.29 is 9.47 Å². The first-order chi connectivity index (χ1) is 9.86. The fraction of sp³-hybridized carbons (Fsp3) is 0.444. The summed E-state index contributed by atoms with van der Waals surface area (Å²) >= 11 is 0. The lowest BCUT2D eigenvalue weighted by atomic mass is 10.3. The molecule has 0 saturated heterocycles. The fourth-order valence-electron chi connectivity index (χ4n) is 1.59. The van der Waals surface area contributed by atoms with E-state index in [4.69, 9.17) is 9.47 Å². The largest absolute Gasteiger partial charge is 0.489 e. The van der Waals surface area contributed by atoms with E-state index in [-0.39, 0.29) is 0 Å². The summed E-state index contributed by atoms with van der Waals surface area (Å²) in [6.45, 7) is 5.50. The zero-order chi connectivity index (χ0) is 14.5. The Hall–Kier alpha value is -1.70. The molecular formula is C18H25O2. The number of rotatable bonds is 10. The quantitative estimate of drug-likeness (QED) is 0.561. The summed E-state index contributed by atoms with van der Waals surface area (Å²) in [5.74, 6) is 1.54. The van der Waals surface area contributed by atoms with Crippen LogP contribution in [0.3, 0.4) is 0 Å². The molecule has 0 aliphatic heterocycles. The average Bonchev–Trinajstić information content (AvgIpc) is 2.47. The van der Waals surface area contributed by atoms with Crippen LogP contribution in [0.2, 0.25) is 0 Å². The number of unbranched alkanes of at least 4 members (excludes halogenated alkanes) is 2. The van der Waals surface area contributed by atoms with E-state index in [0.29, 0.717) is 13.2 Å². The summed E-state index contributed by atoms with van der Waals surface area (Å²) in [6.07, 6.45) is 12.9. The molecular weight excluding hydrogens is 248 g/mol. The van der Waals surface area contributed by atoms with Gasteiger partial charge in [-0.05, 0) is 25.0 Å². The van der Waals surface area contributed by atoms with Crippen LogP contribution in [0.5, 0.6) is 11.5 Å². The van der Waals surface area contributed by atoms with Gasteiger partial charge in [-0.3, -0.25) is 0 Å². The summed E-state index contributed by atoms with van der Waals surface area (Å²) in [7, 11) is 0. The van der Waals surface area contributed by atoms with E-state index in [1.807, 2.05) is 30.4 Å². The molecule has 1 rings (SSSR count). The van der Waals surface area contributed by atoms with Crippen LogP contribution in [0.4, 0.5) is 0 Å². The van der Waals surface area contributed by atoms with Crippen molar-refractivity contribution in [2.45, 2.75) is 39.5 Å². The van der Waals surface area contributed by atoms with Crippen molar-refractivity contribution in [3.8, 4) is 11.5 Å². The first-order valence-corrected chi connectivity index (χ1v) is 7.44. The summed E-state index contributed by atoms with van der Waals surface area (Å²) in [6, 6.07) is 8.66. The van der Waals surface area contributed by atoms with Crippen LogP contribution in [-0.2, 0) is 0 Å². The molecule has 1 aromatic carbocycles. The predicted molar refractivity (Wildman–Crippen MR) is 84.4 cm³/mol. The van der Waals surface area contributed by atoms with Gasteiger partial charge in [0.25, 0.3) is 0 Å². The molecule has 0 saturated carbocycles. The van der Waals surface area contributed by atoms with Gasteiger partial charge < -0.3 is 9.47 Å². The van der Waals surface area contributed by atoms with Crippen molar-refractivity contribution in [1.29, 1.82) is 0 Å². The summed E-state index contributed by atoms with van der Waals surface area (Å²) in [5, 5.41) is 0.